The van der Waals surface area contributed by atoms with Crippen LogP contribution >= 0.6 is 11.6 Å². The van der Waals surface area contributed by atoms with E-state index in [0.717, 1.165) is 0 Å². The number of anilines is 1. The maximum absolute atomic E-state index is 12.1. The minimum atomic E-state index is -0.697. The highest BCUT2D eigenvalue weighted by Gasteiger charge is 2.27. The number of para-hydroxylation sites is 2. The van der Waals surface area contributed by atoms with Crippen molar-refractivity contribution >= 4 is 23.2 Å². The molecule has 0 spiro atoms. The number of hydrogen-bond acceptors (Lipinski definition) is 4. The number of aromatic nitrogens is 1. The first-order chi connectivity index (χ1) is 9.72. The third-order valence-corrected chi connectivity index (χ3v) is 3.00. The highest BCUT2D eigenvalue weighted by molar-refractivity contribution is 6.29. The number of carbonyl (C=O) groups excluding carboxylic acids is 1. The van der Waals surface area contributed by atoms with Crippen molar-refractivity contribution in [2.45, 2.75) is 6.10 Å². The van der Waals surface area contributed by atoms with Crippen LogP contribution in [0.1, 0.15) is 0 Å². The Bertz CT molecular complexity index is 648. The predicted molar refractivity (Wildman–Crippen MR) is 74.2 cm³/mol. The van der Waals surface area contributed by atoms with Crippen molar-refractivity contribution in [1.29, 1.82) is 0 Å². The van der Waals surface area contributed by atoms with Gasteiger partial charge in [0.2, 0.25) is 6.10 Å². The molecular weight excluding hydrogens is 280 g/mol. The molecule has 0 radical (unpaired) electrons. The SMILES string of the molecule is O=C(Nc1ccnc(Cl)c1)C1COc2ccccc2O1. The van der Waals surface area contributed by atoms with Crippen LogP contribution in [0.5, 0.6) is 11.5 Å². The highest BCUT2D eigenvalue weighted by Crippen LogP contribution is 2.31. The molecule has 6 heteroatoms. The van der Waals surface area contributed by atoms with Crippen molar-refractivity contribution in [3.05, 3.63) is 47.7 Å². The molecule has 1 aliphatic heterocycles. The number of fused-ring (bicyclic) bond motifs is 1. The highest BCUT2D eigenvalue weighted by atomic mass is 35.5. The second-order valence-electron chi connectivity index (χ2n) is 4.22. The van der Waals surface area contributed by atoms with Gasteiger partial charge in [-0.2, -0.15) is 0 Å². The molecule has 2 aromatic rings. The van der Waals surface area contributed by atoms with Gasteiger partial charge < -0.3 is 14.8 Å². The minimum absolute atomic E-state index is 0.168. The van der Waals surface area contributed by atoms with E-state index in [1.54, 1.807) is 24.3 Å². The summed E-state index contributed by atoms with van der Waals surface area (Å²) in [6, 6.07) is 10.5. The largest absolute Gasteiger partial charge is 0.485 e. The number of rotatable bonds is 2. The van der Waals surface area contributed by atoms with E-state index in [1.165, 1.54) is 6.20 Å². The number of carbonyl (C=O) groups is 1. The van der Waals surface area contributed by atoms with Crippen LogP contribution in [0.15, 0.2) is 42.6 Å². The van der Waals surface area contributed by atoms with Crippen molar-refractivity contribution in [2.24, 2.45) is 0 Å². The van der Waals surface area contributed by atoms with Crippen LogP contribution in [0, 0.1) is 0 Å². The maximum Gasteiger partial charge on any atom is 0.269 e. The van der Waals surface area contributed by atoms with Gasteiger partial charge in [0.05, 0.1) is 0 Å². The molecule has 0 saturated heterocycles. The quantitative estimate of drug-likeness (QED) is 0.863. The van der Waals surface area contributed by atoms with Crippen LogP contribution < -0.4 is 14.8 Å². The molecule has 1 aromatic heterocycles. The van der Waals surface area contributed by atoms with Crippen LogP contribution in [0.3, 0.4) is 0 Å². The lowest BCUT2D eigenvalue weighted by molar-refractivity contribution is -0.125. The molecule has 1 aromatic carbocycles. The zero-order valence-electron chi connectivity index (χ0n) is 10.4. The van der Waals surface area contributed by atoms with Gasteiger partial charge in [-0.1, -0.05) is 23.7 Å². The molecule has 1 unspecified atom stereocenters. The number of amides is 1. The van der Waals surface area contributed by atoms with Crippen LogP contribution in [0.25, 0.3) is 0 Å². The van der Waals surface area contributed by atoms with Gasteiger partial charge in [0.1, 0.15) is 11.8 Å². The Morgan fingerprint density at radius 3 is 2.90 bits per heavy atom. The third kappa shape index (κ3) is 2.67. The van der Waals surface area contributed by atoms with Gasteiger partial charge in [-0.3, -0.25) is 4.79 Å². The van der Waals surface area contributed by atoms with E-state index in [1.807, 2.05) is 12.1 Å². The van der Waals surface area contributed by atoms with Gasteiger partial charge in [-0.15, -0.1) is 0 Å². The molecule has 0 fully saturated rings. The molecular formula is C14H11ClN2O3. The van der Waals surface area contributed by atoms with Crippen molar-refractivity contribution in [1.82, 2.24) is 4.98 Å². The van der Waals surface area contributed by atoms with E-state index in [-0.39, 0.29) is 12.5 Å². The molecule has 0 saturated carbocycles. The average molecular weight is 291 g/mol. The average Bonchev–Trinajstić information content (AvgIpc) is 2.47. The summed E-state index contributed by atoms with van der Waals surface area (Å²) in [5.41, 5.74) is 0.567. The normalized spacial score (nSPS) is 16.6. The number of benzene rings is 1. The summed E-state index contributed by atoms with van der Waals surface area (Å²) in [6.45, 7) is 0.168. The van der Waals surface area contributed by atoms with E-state index in [0.29, 0.717) is 22.3 Å². The molecule has 0 aliphatic carbocycles. The number of hydrogen-bond donors (Lipinski definition) is 1. The molecule has 1 amide bonds. The van der Waals surface area contributed by atoms with Crippen LogP contribution in [0.4, 0.5) is 5.69 Å². The Balaban J connectivity index is 1.70. The topological polar surface area (TPSA) is 60.5 Å². The summed E-state index contributed by atoms with van der Waals surface area (Å²) >= 11 is 5.76. The third-order valence-electron chi connectivity index (χ3n) is 2.80. The van der Waals surface area contributed by atoms with Crippen molar-refractivity contribution in [2.75, 3.05) is 11.9 Å². The van der Waals surface area contributed by atoms with E-state index < -0.39 is 6.10 Å². The smallest absolute Gasteiger partial charge is 0.269 e. The van der Waals surface area contributed by atoms with Gasteiger partial charge >= 0.3 is 0 Å². The molecule has 20 heavy (non-hydrogen) atoms. The van der Waals surface area contributed by atoms with E-state index in [4.69, 9.17) is 21.1 Å². The maximum atomic E-state index is 12.1. The Labute approximate surface area is 120 Å². The van der Waals surface area contributed by atoms with Crippen molar-refractivity contribution < 1.29 is 14.3 Å². The van der Waals surface area contributed by atoms with Crippen LogP contribution in [-0.4, -0.2) is 23.6 Å². The number of nitrogens with one attached hydrogen (secondary N) is 1. The molecule has 3 rings (SSSR count). The second kappa shape index (κ2) is 5.38. The van der Waals surface area contributed by atoms with Crippen molar-refractivity contribution in [3.63, 3.8) is 0 Å². The number of halogens is 1. The van der Waals surface area contributed by atoms with E-state index >= 15 is 0 Å². The molecule has 0 bridgehead atoms. The Kier molecular flexibility index (Phi) is 3.43. The first-order valence-electron chi connectivity index (χ1n) is 6.03. The summed E-state index contributed by atoms with van der Waals surface area (Å²) in [5, 5.41) is 3.03. The standard InChI is InChI=1S/C14H11ClN2O3/c15-13-7-9(5-6-16-13)17-14(18)12-8-19-10-3-1-2-4-11(10)20-12/h1-7,12H,8H2,(H,16,17,18). The van der Waals surface area contributed by atoms with E-state index in [2.05, 4.69) is 10.3 Å². The fraction of sp³-hybridized carbons (Fsp3) is 0.143. The monoisotopic (exact) mass is 290 g/mol. The zero-order chi connectivity index (χ0) is 13.9. The van der Waals surface area contributed by atoms with Gasteiger partial charge in [0.25, 0.3) is 5.91 Å². The first kappa shape index (κ1) is 12.7. The number of pyridine rings is 1. The molecule has 1 N–H and O–H groups in total. The lowest BCUT2D eigenvalue weighted by atomic mass is 10.2. The first-order valence-corrected chi connectivity index (χ1v) is 6.41. The number of ether oxygens (including phenoxy) is 2. The summed E-state index contributed by atoms with van der Waals surface area (Å²) in [5.74, 6) is 0.914. The molecule has 2 heterocycles. The lowest BCUT2D eigenvalue weighted by Crippen LogP contribution is -2.40. The summed E-state index contributed by atoms with van der Waals surface area (Å²) in [4.78, 5) is 16.0. The summed E-state index contributed by atoms with van der Waals surface area (Å²) in [7, 11) is 0. The lowest BCUT2D eigenvalue weighted by Gasteiger charge is -2.25. The Morgan fingerprint density at radius 2 is 2.10 bits per heavy atom. The van der Waals surface area contributed by atoms with Crippen LogP contribution in [-0.2, 0) is 4.79 Å². The molecule has 102 valence electrons. The molecule has 1 atom stereocenters. The zero-order valence-corrected chi connectivity index (χ0v) is 11.1. The summed E-state index contributed by atoms with van der Waals surface area (Å²) < 4.78 is 11.1. The fourth-order valence-corrected chi connectivity index (χ4v) is 2.03. The van der Waals surface area contributed by atoms with Gasteiger partial charge in [0.15, 0.2) is 11.5 Å². The Morgan fingerprint density at radius 1 is 1.30 bits per heavy atom. The molecule has 5 nitrogen and oxygen atoms in total. The minimum Gasteiger partial charge on any atom is -0.485 e. The second-order valence-corrected chi connectivity index (χ2v) is 4.61. The Hall–Kier alpha value is -2.27. The van der Waals surface area contributed by atoms with Crippen LogP contribution in [0.2, 0.25) is 5.15 Å². The van der Waals surface area contributed by atoms with Gasteiger partial charge in [-0.25, -0.2) is 4.98 Å². The molecule has 1 aliphatic rings. The van der Waals surface area contributed by atoms with Gasteiger partial charge in [0, 0.05) is 11.9 Å². The van der Waals surface area contributed by atoms with Gasteiger partial charge in [-0.05, 0) is 24.3 Å². The van der Waals surface area contributed by atoms with Crippen molar-refractivity contribution in [3.8, 4) is 11.5 Å². The summed E-state index contributed by atoms with van der Waals surface area (Å²) in [6.07, 6.45) is 0.822. The fourth-order valence-electron chi connectivity index (χ4n) is 1.85. The predicted octanol–water partition coefficient (Wildman–Crippen LogP) is 2.51. The van der Waals surface area contributed by atoms with E-state index in [9.17, 15) is 4.79 Å². The number of nitrogens with zero attached hydrogens (tertiary/aromatic N) is 1.